The van der Waals surface area contributed by atoms with Gasteiger partial charge in [0.1, 0.15) is 0 Å². The Morgan fingerprint density at radius 3 is 2.42 bits per heavy atom. The monoisotopic (exact) mass is 330 g/mol. The van der Waals surface area contributed by atoms with Gasteiger partial charge >= 0.3 is 11.9 Å². The Balaban J connectivity index is 0.000000224. The number of carboxylic acids is 2. The van der Waals surface area contributed by atoms with E-state index >= 15 is 0 Å². The summed E-state index contributed by atoms with van der Waals surface area (Å²) < 4.78 is 0. The standard InChI is InChI=1S/C13H14N2O.C4H4O4/c14-13-8-4-1-2-5-9(8)15-10-6-3-7-11(16)12(10)13;5-3(6)1-2-4(7)8/h1-2,4-5,11,16H,3,6-7H2,(H2,14,15);1-2H,(H,5,6)(H,7,8)/b;2-1+. The molecule has 3 rings (SSSR count). The minimum Gasteiger partial charge on any atom is -0.478 e. The van der Waals surface area contributed by atoms with Crippen LogP contribution in [0.15, 0.2) is 36.4 Å². The molecule has 5 N–H and O–H groups in total. The molecule has 0 aliphatic heterocycles. The third-order valence-electron chi connectivity index (χ3n) is 3.64. The van der Waals surface area contributed by atoms with Gasteiger partial charge in [-0.1, -0.05) is 18.2 Å². The summed E-state index contributed by atoms with van der Waals surface area (Å²) in [5, 5.41) is 26.6. The Morgan fingerprint density at radius 2 is 1.79 bits per heavy atom. The van der Waals surface area contributed by atoms with Crippen molar-refractivity contribution in [2.45, 2.75) is 25.4 Å². The highest BCUT2D eigenvalue weighted by Gasteiger charge is 2.23. The number of aromatic nitrogens is 1. The van der Waals surface area contributed by atoms with Crippen molar-refractivity contribution in [3.63, 3.8) is 0 Å². The van der Waals surface area contributed by atoms with E-state index in [0.29, 0.717) is 17.8 Å². The molecular weight excluding hydrogens is 312 g/mol. The van der Waals surface area contributed by atoms with Gasteiger partial charge in [0, 0.05) is 34.5 Å². The summed E-state index contributed by atoms with van der Waals surface area (Å²) in [6, 6.07) is 7.83. The Hall–Kier alpha value is -2.93. The Kier molecular flexibility index (Phi) is 5.49. The number of nitrogens with zero attached hydrogens (tertiary/aromatic N) is 1. The molecule has 2 aromatic rings. The van der Waals surface area contributed by atoms with Gasteiger partial charge in [-0.15, -0.1) is 0 Å². The van der Waals surface area contributed by atoms with Gasteiger partial charge in [-0.05, 0) is 25.3 Å². The summed E-state index contributed by atoms with van der Waals surface area (Å²) in [6.07, 6.45) is 3.36. The van der Waals surface area contributed by atoms with Crippen molar-refractivity contribution in [3.8, 4) is 0 Å². The summed E-state index contributed by atoms with van der Waals surface area (Å²) in [6.45, 7) is 0. The van der Waals surface area contributed by atoms with E-state index in [-0.39, 0.29) is 0 Å². The molecule has 0 bridgehead atoms. The molecule has 0 saturated heterocycles. The normalized spacial score (nSPS) is 16.3. The molecule has 1 aromatic carbocycles. The van der Waals surface area contributed by atoms with Gasteiger partial charge in [0.15, 0.2) is 0 Å². The SMILES string of the molecule is Nc1c2c(nc3ccccc13)CCCC2O.O=C(O)/C=C/C(=O)O. The highest BCUT2D eigenvalue weighted by molar-refractivity contribution is 5.92. The third kappa shape index (κ3) is 4.08. The van der Waals surface area contributed by atoms with Crippen LogP contribution in [-0.2, 0) is 16.0 Å². The molecule has 1 aromatic heterocycles. The van der Waals surface area contributed by atoms with Crippen LogP contribution in [0.4, 0.5) is 5.69 Å². The first-order valence-corrected chi connectivity index (χ1v) is 7.39. The third-order valence-corrected chi connectivity index (χ3v) is 3.64. The number of benzene rings is 1. The summed E-state index contributed by atoms with van der Waals surface area (Å²) >= 11 is 0. The molecule has 1 aliphatic carbocycles. The molecule has 0 fully saturated rings. The van der Waals surface area contributed by atoms with Crippen LogP contribution in [0.1, 0.15) is 30.2 Å². The van der Waals surface area contributed by atoms with Crippen molar-refractivity contribution in [3.05, 3.63) is 47.7 Å². The number of aliphatic hydroxyl groups excluding tert-OH is 1. The molecule has 7 heteroatoms. The number of rotatable bonds is 2. The maximum absolute atomic E-state index is 9.98. The number of para-hydroxylation sites is 1. The largest absolute Gasteiger partial charge is 0.478 e. The van der Waals surface area contributed by atoms with Gasteiger partial charge < -0.3 is 21.1 Å². The Morgan fingerprint density at radius 1 is 1.17 bits per heavy atom. The minimum absolute atomic E-state index is 0.444. The van der Waals surface area contributed by atoms with Crippen LogP contribution in [0, 0.1) is 0 Å². The zero-order valence-electron chi connectivity index (χ0n) is 12.8. The van der Waals surface area contributed by atoms with Crippen molar-refractivity contribution < 1.29 is 24.9 Å². The second-order valence-corrected chi connectivity index (χ2v) is 5.32. The van der Waals surface area contributed by atoms with Crippen LogP contribution in [0.3, 0.4) is 0 Å². The molecule has 0 radical (unpaired) electrons. The smallest absolute Gasteiger partial charge is 0.328 e. The number of carboxylic acid groups (broad SMARTS) is 2. The number of anilines is 1. The van der Waals surface area contributed by atoms with E-state index in [0.717, 1.165) is 41.4 Å². The summed E-state index contributed by atoms with van der Waals surface area (Å²) in [5.74, 6) is -2.51. The minimum atomic E-state index is -1.26. The summed E-state index contributed by atoms with van der Waals surface area (Å²) in [4.78, 5) is 23.7. The van der Waals surface area contributed by atoms with Crippen LogP contribution < -0.4 is 5.73 Å². The molecule has 0 amide bonds. The van der Waals surface area contributed by atoms with E-state index in [1.54, 1.807) is 0 Å². The number of aliphatic hydroxyl groups is 1. The van der Waals surface area contributed by atoms with E-state index in [2.05, 4.69) is 4.98 Å². The molecule has 7 nitrogen and oxygen atoms in total. The maximum atomic E-state index is 9.98. The topological polar surface area (TPSA) is 134 Å². The first-order chi connectivity index (χ1) is 11.4. The Labute approximate surface area is 138 Å². The predicted octanol–water partition coefficient (Wildman–Crippen LogP) is 1.90. The second kappa shape index (κ2) is 7.56. The number of fused-ring (bicyclic) bond motifs is 2. The number of hydrogen-bond acceptors (Lipinski definition) is 5. The van der Waals surface area contributed by atoms with Crippen LogP contribution in [-0.4, -0.2) is 32.2 Å². The average molecular weight is 330 g/mol. The van der Waals surface area contributed by atoms with Crippen LogP contribution >= 0.6 is 0 Å². The quantitative estimate of drug-likeness (QED) is 0.618. The predicted molar refractivity (Wildman–Crippen MR) is 88.5 cm³/mol. The van der Waals surface area contributed by atoms with Crippen LogP contribution in [0.5, 0.6) is 0 Å². The molecule has 126 valence electrons. The molecule has 1 heterocycles. The van der Waals surface area contributed by atoms with Gasteiger partial charge in [-0.3, -0.25) is 4.98 Å². The zero-order valence-corrected chi connectivity index (χ0v) is 12.8. The van der Waals surface area contributed by atoms with Crippen molar-refractivity contribution >= 4 is 28.5 Å². The number of carbonyl (C=O) groups is 2. The molecule has 0 saturated carbocycles. The lowest BCUT2D eigenvalue weighted by Crippen LogP contribution is -2.14. The molecular formula is C17H18N2O5. The average Bonchev–Trinajstić information content (AvgIpc) is 2.54. The number of nitrogens with two attached hydrogens (primary N) is 1. The Bertz CT molecular complexity index is 785. The van der Waals surface area contributed by atoms with Crippen molar-refractivity contribution in [2.75, 3.05) is 5.73 Å². The molecule has 0 spiro atoms. The summed E-state index contributed by atoms with van der Waals surface area (Å²) in [5.41, 5.74) is 9.58. The van der Waals surface area contributed by atoms with Crippen molar-refractivity contribution in [1.29, 1.82) is 0 Å². The number of aliphatic carboxylic acids is 2. The highest BCUT2D eigenvalue weighted by atomic mass is 16.4. The molecule has 1 unspecified atom stereocenters. The van der Waals surface area contributed by atoms with E-state index in [4.69, 9.17) is 15.9 Å². The second-order valence-electron chi connectivity index (χ2n) is 5.32. The van der Waals surface area contributed by atoms with Gasteiger partial charge in [0.2, 0.25) is 0 Å². The lowest BCUT2D eigenvalue weighted by Gasteiger charge is -2.23. The molecule has 24 heavy (non-hydrogen) atoms. The fourth-order valence-electron chi connectivity index (χ4n) is 2.62. The lowest BCUT2D eigenvalue weighted by molar-refractivity contribution is -0.134. The molecule has 1 aliphatic rings. The highest BCUT2D eigenvalue weighted by Crippen LogP contribution is 2.36. The lowest BCUT2D eigenvalue weighted by atomic mass is 9.90. The zero-order chi connectivity index (χ0) is 17.7. The fourth-order valence-corrected chi connectivity index (χ4v) is 2.62. The van der Waals surface area contributed by atoms with E-state index in [9.17, 15) is 14.7 Å². The molecule has 1 atom stereocenters. The van der Waals surface area contributed by atoms with Gasteiger partial charge in [0.25, 0.3) is 0 Å². The van der Waals surface area contributed by atoms with Crippen molar-refractivity contribution in [1.82, 2.24) is 4.98 Å². The van der Waals surface area contributed by atoms with E-state index in [1.807, 2.05) is 24.3 Å². The van der Waals surface area contributed by atoms with Gasteiger partial charge in [-0.25, -0.2) is 9.59 Å². The number of hydrogen-bond donors (Lipinski definition) is 4. The number of aryl methyl sites for hydroxylation is 1. The van der Waals surface area contributed by atoms with E-state index < -0.39 is 18.0 Å². The van der Waals surface area contributed by atoms with Gasteiger partial charge in [-0.2, -0.15) is 0 Å². The maximum Gasteiger partial charge on any atom is 0.328 e. The van der Waals surface area contributed by atoms with E-state index in [1.165, 1.54) is 0 Å². The number of nitrogen functional groups attached to an aromatic ring is 1. The first kappa shape index (κ1) is 17.4. The van der Waals surface area contributed by atoms with Crippen LogP contribution in [0.2, 0.25) is 0 Å². The van der Waals surface area contributed by atoms with Crippen LogP contribution in [0.25, 0.3) is 10.9 Å². The van der Waals surface area contributed by atoms with Gasteiger partial charge in [0.05, 0.1) is 11.6 Å². The van der Waals surface area contributed by atoms with Crippen molar-refractivity contribution in [2.24, 2.45) is 0 Å². The number of pyridine rings is 1. The summed E-state index contributed by atoms with van der Waals surface area (Å²) in [7, 11) is 0. The first-order valence-electron chi connectivity index (χ1n) is 7.39. The fraction of sp³-hybridized carbons (Fsp3) is 0.235.